The molecule has 0 saturated heterocycles. The van der Waals surface area contributed by atoms with Crippen molar-refractivity contribution >= 4 is 43.6 Å². The zero-order valence-corrected chi connectivity index (χ0v) is 24.1. The third kappa shape index (κ3) is 3.68. The van der Waals surface area contributed by atoms with E-state index in [1.807, 2.05) is 0 Å². The van der Waals surface area contributed by atoms with Gasteiger partial charge in [-0.3, -0.25) is 0 Å². The van der Waals surface area contributed by atoms with E-state index in [2.05, 4.69) is 179 Å². The van der Waals surface area contributed by atoms with E-state index in [1.165, 1.54) is 65.9 Å². The Morgan fingerprint density at radius 2 is 0.864 bits per heavy atom. The summed E-state index contributed by atoms with van der Waals surface area (Å²) in [5.41, 5.74) is 12.1. The van der Waals surface area contributed by atoms with Crippen LogP contribution < -0.4 is 0 Å². The van der Waals surface area contributed by atoms with Crippen molar-refractivity contribution in [3.8, 4) is 33.6 Å². The molecule has 206 valence electrons. The lowest BCUT2D eigenvalue weighted by atomic mass is 9.98. The zero-order chi connectivity index (χ0) is 29.0. The average molecular weight is 561 g/mol. The summed E-state index contributed by atoms with van der Waals surface area (Å²) >= 11 is 0. The molecule has 0 aliphatic heterocycles. The minimum atomic E-state index is 1.15. The Morgan fingerprint density at radius 1 is 0.295 bits per heavy atom. The largest absolute Gasteiger partial charge is 0.309 e. The fourth-order valence-electron chi connectivity index (χ4n) is 7.01. The van der Waals surface area contributed by atoms with Crippen molar-refractivity contribution < 1.29 is 0 Å². The Labute approximate surface area is 255 Å². The van der Waals surface area contributed by atoms with Crippen LogP contribution in [0.15, 0.2) is 170 Å². The second-order valence-corrected chi connectivity index (χ2v) is 11.4. The molecule has 0 N–H and O–H groups in total. The summed E-state index contributed by atoms with van der Waals surface area (Å²) in [5.74, 6) is 0. The first-order valence-corrected chi connectivity index (χ1v) is 15.1. The smallest absolute Gasteiger partial charge is 0.0641 e. The molecule has 2 aromatic heterocycles. The van der Waals surface area contributed by atoms with Crippen LogP contribution in [0.25, 0.3) is 77.2 Å². The second-order valence-electron chi connectivity index (χ2n) is 11.4. The van der Waals surface area contributed by atoms with Gasteiger partial charge in [0.1, 0.15) is 0 Å². The molecule has 44 heavy (non-hydrogen) atoms. The number of hydrogen-bond donors (Lipinski definition) is 0. The Bertz CT molecular complexity index is 2450. The van der Waals surface area contributed by atoms with E-state index in [4.69, 9.17) is 0 Å². The van der Waals surface area contributed by atoms with Gasteiger partial charge in [-0.25, -0.2) is 0 Å². The average Bonchev–Trinajstić information content (AvgIpc) is 3.62. The highest BCUT2D eigenvalue weighted by Crippen LogP contribution is 2.45. The third-order valence-electron chi connectivity index (χ3n) is 8.92. The number of benzene rings is 7. The molecule has 2 heteroatoms. The molecule has 0 aliphatic carbocycles. The summed E-state index contributed by atoms with van der Waals surface area (Å²) in [6.45, 7) is 0. The number of nitrogens with zero attached hydrogens (tertiary/aromatic N) is 2. The third-order valence-corrected chi connectivity index (χ3v) is 8.92. The van der Waals surface area contributed by atoms with Crippen LogP contribution >= 0.6 is 0 Å². The number of fused-ring (bicyclic) bond motifs is 7. The van der Waals surface area contributed by atoms with Crippen molar-refractivity contribution in [3.05, 3.63) is 170 Å². The van der Waals surface area contributed by atoms with E-state index >= 15 is 0 Å². The molecule has 0 aliphatic rings. The number of rotatable bonds is 4. The van der Waals surface area contributed by atoms with Crippen molar-refractivity contribution in [1.82, 2.24) is 9.13 Å². The molecule has 0 radical (unpaired) electrons. The van der Waals surface area contributed by atoms with Crippen LogP contribution in [0.4, 0.5) is 0 Å². The van der Waals surface area contributed by atoms with Gasteiger partial charge in [0, 0.05) is 32.9 Å². The molecule has 2 heterocycles. The lowest BCUT2D eigenvalue weighted by molar-refractivity contribution is 1.17. The second kappa shape index (κ2) is 9.86. The lowest BCUT2D eigenvalue weighted by Crippen LogP contribution is -1.95. The summed E-state index contributed by atoms with van der Waals surface area (Å²) in [7, 11) is 0. The summed E-state index contributed by atoms with van der Waals surface area (Å²) in [4.78, 5) is 0. The minimum Gasteiger partial charge on any atom is -0.309 e. The van der Waals surface area contributed by atoms with E-state index < -0.39 is 0 Å². The first-order chi connectivity index (χ1) is 21.9. The van der Waals surface area contributed by atoms with Crippen molar-refractivity contribution in [3.63, 3.8) is 0 Å². The zero-order valence-electron chi connectivity index (χ0n) is 24.1. The molecule has 0 spiro atoms. The Kier molecular flexibility index (Phi) is 5.54. The summed E-state index contributed by atoms with van der Waals surface area (Å²) in [6.07, 6.45) is 0. The monoisotopic (exact) mass is 560 g/mol. The summed E-state index contributed by atoms with van der Waals surface area (Å²) < 4.78 is 4.90. The Hall–Kier alpha value is -5.86. The van der Waals surface area contributed by atoms with Crippen LogP contribution in [0.5, 0.6) is 0 Å². The van der Waals surface area contributed by atoms with E-state index in [0.29, 0.717) is 0 Å². The van der Waals surface area contributed by atoms with Gasteiger partial charge in [0.05, 0.1) is 22.1 Å². The molecule has 7 aromatic carbocycles. The maximum absolute atomic E-state index is 2.47. The Morgan fingerprint density at radius 3 is 1.61 bits per heavy atom. The molecule has 9 aromatic rings. The number of hydrogen-bond acceptors (Lipinski definition) is 0. The predicted molar refractivity (Wildman–Crippen MR) is 186 cm³/mol. The molecular weight excluding hydrogens is 532 g/mol. The van der Waals surface area contributed by atoms with E-state index in [1.54, 1.807) is 0 Å². The molecule has 0 amide bonds. The SMILES string of the molecule is c1ccc(-c2ccc(-n3c4ccccc4c4ccc5c(c6c(-c7ccccc7)cccc6n5-c5ccccc5)c43)cc2)cc1. The van der Waals surface area contributed by atoms with E-state index in [-0.39, 0.29) is 0 Å². The Balaban J connectivity index is 1.45. The van der Waals surface area contributed by atoms with Gasteiger partial charge in [0.2, 0.25) is 0 Å². The molecular formula is C42H28N2. The summed E-state index contributed by atoms with van der Waals surface area (Å²) in [6, 6.07) is 61.3. The normalized spacial score (nSPS) is 11.6. The summed E-state index contributed by atoms with van der Waals surface area (Å²) in [5, 5.41) is 5.06. The molecule has 2 nitrogen and oxygen atoms in total. The first-order valence-electron chi connectivity index (χ1n) is 15.1. The maximum atomic E-state index is 2.47. The van der Waals surface area contributed by atoms with Gasteiger partial charge >= 0.3 is 0 Å². The van der Waals surface area contributed by atoms with Crippen LogP contribution in [-0.2, 0) is 0 Å². The number of aromatic nitrogens is 2. The van der Waals surface area contributed by atoms with Gasteiger partial charge in [0.25, 0.3) is 0 Å². The van der Waals surface area contributed by atoms with Crippen LogP contribution in [0.3, 0.4) is 0 Å². The quantitative estimate of drug-likeness (QED) is 0.203. The van der Waals surface area contributed by atoms with Crippen molar-refractivity contribution in [2.45, 2.75) is 0 Å². The van der Waals surface area contributed by atoms with Gasteiger partial charge in [-0.05, 0) is 64.7 Å². The molecule has 0 fully saturated rings. The van der Waals surface area contributed by atoms with Gasteiger partial charge in [-0.2, -0.15) is 0 Å². The van der Waals surface area contributed by atoms with E-state index in [0.717, 1.165) is 11.4 Å². The fourth-order valence-corrected chi connectivity index (χ4v) is 7.01. The molecule has 0 bridgehead atoms. The number of para-hydroxylation sites is 2. The van der Waals surface area contributed by atoms with Gasteiger partial charge in [0.15, 0.2) is 0 Å². The van der Waals surface area contributed by atoms with Crippen molar-refractivity contribution in [2.24, 2.45) is 0 Å². The van der Waals surface area contributed by atoms with Crippen LogP contribution in [-0.4, -0.2) is 9.13 Å². The fraction of sp³-hybridized carbons (Fsp3) is 0. The van der Waals surface area contributed by atoms with Crippen LogP contribution in [0, 0.1) is 0 Å². The first kappa shape index (κ1) is 24.7. The van der Waals surface area contributed by atoms with Crippen LogP contribution in [0.1, 0.15) is 0 Å². The topological polar surface area (TPSA) is 9.86 Å². The standard InChI is InChI=1S/C42H28N2/c1-4-13-29(14-5-1)30-23-25-33(26-24-30)44-37-21-11-10-19-35(37)36-27-28-39-41(42(36)44)40-34(31-15-6-2-7-16-31)20-12-22-38(40)43(39)32-17-8-3-9-18-32/h1-28H. The molecule has 0 unspecified atom stereocenters. The van der Waals surface area contributed by atoms with Gasteiger partial charge in [-0.1, -0.05) is 127 Å². The lowest BCUT2D eigenvalue weighted by Gasteiger charge is -2.11. The van der Waals surface area contributed by atoms with E-state index in [9.17, 15) is 0 Å². The van der Waals surface area contributed by atoms with Crippen molar-refractivity contribution in [1.29, 1.82) is 0 Å². The highest BCUT2D eigenvalue weighted by atomic mass is 15.0. The molecule has 9 rings (SSSR count). The maximum Gasteiger partial charge on any atom is 0.0641 e. The van der Waals surface area contributed by atoms with Gasteiger partial charge in [-0.15, -0.1) is 0 Å². The highest BCUT2D eigenvalue weighted by molar-refractivity contribution is 6.28. The highest BCUT2D eigenvalue weighted by Gasteiger charge is 2.22. The minimum absolute atomic E-state index is 1.15. The molecule has 0 saturated carbocycles. The molecule has 0 atom stereocenters. The van der Waals surface area contributed by atoms with Crippen LogP contribution in [0.2, 0.25) is 0 Å². The predicted octanol–water partition coefficient (Wildman–Crippen LogP) is 11.2. The van der Waals surface area contributed by atoms with Crippen molar-refractivity contribution in [2.75, 3.05) is 0 Å². The van der Waals surface area contributed by atoms with Gasteiger partial charge < -0.3 is 9.13 Å².